The molecule has 1 rings (SSSR count). The predicted molar refractivity (Wildman–Crippen MR) is 50.3 cm³/mol. The van der Waals surface area contributed by atoms with Crippen LogP contribution in [0.25, 0.3) is 0 Å². The normalized spacial score (nSPS) is 11.2. The van der Waals surface area contributed by atoms with Gasteiger partial charge < -0.3 is 4.98 Å². The minimum atomic E-state index is -0.0792. The topological polar surface area (TPSA) is 32.9 Å². The summed E-state index contributed by atoms with van der Waals surface area (Å²) in [5, 5.41) is 0. The molecule has 1 N–H and O–H groups in total. The van der Waals surface area contributed by atoms with Crippen LogP contribution in [-0.2, 0) is 5.41 Å². The van der Waals surface area contributed by atoms with Gasteiger partial charge in [-0.2, -0.15) is 0 Å². The number of hydrogen-bond acceptors (Lipinski definition) is 1. The third-order valence-corrected chi connectivity index (χ3v) is 2.04. The van der Waals surface area contributed by atoms with Crippen molar-refractivity contribution in [3.8, 4) is 0 Å². The summed E-state index contributed by atoms with van der Waals surface area (Å²) in [6, 6.07) is 3.35. The number of nitrogens with one attached hydrogen (secondary N) is 1. The van der Waals surface area contributed by atoms with Gasteiger partial charge in [-0.3, -0.25) is 4.79 Å². The van der Waals surface area contributed by atoms with E-state index in [1.807, 2.05) is 26.0 Å². The fraction of sp³-hybridized carbons (Fsp3) is 0.300. The highest BCUT2D eigenvalue weighted by atomic mass is 16.1. The number of aromatic nitrogens is 1. The summed E-state index contributed by atoms with van der Waals surface area (Å²) in [6.07, 6.45) is 3.59. The molecular weight excluding hydrogens is 150 g/mol. The van der Waals surface area contributed by atoms with Crippen LogP contribution in [0, 0.1) is 0 Å². The highest BCUT2D eigenvalue weighted by Crippen LogP contribution is 2.21. The van der Waals surface area contributed by atoms with Crippen LogP contribution in [0.15, 0.2) is 35.8 Å². The summed E-state index contributed by atoms with van der Waals surface area (Å²) < 4.78 is 0. The summed E-state index contributed by atoms with van der Waals surface area (Å²) >= 11 is 0. The molecule has 1 heterocycles. The molecule has 0 aliphatic heterocycles. The molecule has 1 aromatic rings. The van der Waals surface area contributed by atoms with E-state index < -0.39 is 0 Å². The van der Waals surface area contributed by atoms with Crippen LogP contribution in [-0.4, -0.2) is 4.98 Å². The summed E-state index contributed by atoms with van der Waals surface area (Å²) in [6.45, 7) is 7.84. The van der Waals surface area contributed by atoms with E-state index in [0.717, 1.165) is 5.56 Å². The van der Waals surface area contributed by atoms with Crippen molar-refractivity contribution in [2.75, 3.05) is 0 Å². The van der Waals surface area contributed by atoms with E-state index in [1.165, 1.54) is 6.07 Å². The van der Waals surface area contributed by atoms with E-state index in [0.29, 0.717) is 0 Å². The molecule has 0 aromatic carbocycles. The Labute approximate surface area is 71.9 Å². The second kappa shape index (κ2) is 2.97. The second-order valence-corrected chi connectivity index (χ2v) is 3.37. The molecule has 0 radical (unpaired) electrons. The molecule has 0 saturated heterocycles. The molecule has 0 aliphatic rings. The van der Waals surface area contributed by atoms with Crippen LogP contribution in [0.2, 0.25) is 0 Å². The zero-order valence-electron chi connectivity index (χ0n) is 7.42. The molecule has 0 spiro atoms. The molecule has 0 unspecified atom stereocenters. The van der Waals surface area contributed by atoms with Crippen LogP contribution in [0.4, 0.5) is 0 Å². The molecule has 12 heavy (non-hydrogen) atoms. The Morgan fingerprint density at radius 2 is 2.17 bits per heavy atom. The van der Waals surface area contributed by atoms with E-state index in [4.69, 9.17) is 0 Å². The van der Waals surface area contributed by atoms with Crippen LogP contribution in [0.1, 0.15) is 19.4 Å². The second-order valence-electron chi connectivity index (χ2n) is 3.37. The van der Waals surface area contributed by atoms with Crippen molar-refractivity contribution in [1.82, 2.24) is 4.98 Å². The van der Waals surface area contributed by atoms with Gasteiger partial charge in [0.25, 0.3) is 0 Å². The van der Waals surface area contributed by atoms with Gasteiger partial charge in [0.15, 0.2) is 0 Å². The van der Waals surface area contributed by atoms with Gasteiger partial charge >= 0.3 is 0 Å². The van der Waals surface area contributed by atoms with Crippen molar-refractivity contribution in [1.29, 1.82) is 0 Å². The van der Waals surface area contributed by atoms with Gasteiger partial charge in [-0.05, 0) is 5.56 Å². The molecule has 1 aromatic heterocycles. The number of rotatable bonds is 2. The lowest BCUT2D eigenvalue weighted by molar-refractivity contribution is 0.667. The Morgan fingerprint density at radius 1 is 1.50 bits per heavy atom. The highest BCUT2D eigenvalue weighted by Gasteiger charge is 2.15. The van der Waals surface area contributed by atoms with Crippen molar-refractivity contribution in [2.24, 2.45) is 0 Å². The quantitative estimate of drug-likeness (QED) is 0.663. The molecule has 2 heteroatoms. The van der Waals surface area contributed by atoms with Crippen molar-refractivity contribution in [3.05, 3.63) is 46.9 Å². The summed E-state index contributed by atoms with van der Waals surface area (Å²) in [5.41, 5.74) is 0.917. The first kappa shape index (κ1) is 8.78. The maximum atomic E-state index is 10.8. The minimum Gasteiger partial charge on any atom is -0.329 e. The largest absolute Gasteiger partial charge is 0.329 e. The van der Waals surface area contributed by atoms with Crippen LogP contribution in [0.3, 0.4) is 0 Å². The number of aromatic amines is 1. The lowest BCUT2D eigenvalue weighted by atomic mass is 9.86. The number of allylic oxidation sites excluding steroid dienone is 1. The third kappa shape index (κ3) is 1.64. The predicted octanol–water partition coefficient (Wildman–Crippen LogP) is 1.84. The maximum Gasteiger partial charge on any atom is 0.247 e. The van der Waals surface area contributed by atoms with E-state index >= 15 is 0 Å². The Morgan fingerprint density at radius 3 is 2.58 bits per heavy atom. The van der Waals surface area contributed by atoms with E-state index in [2.05, 4.69) is 11.6 Å². The number of pyridine rings is 1. The van der Waals surface area contributed by atoms with Gasteiger partial charge in [0.2, 0.25) is 5.56 Å². The lowest BCUT2D eigenvalue weighted by Gasteiger charge is -2.19. The van der Waals surface area contributed by atoms with Gasteiger partial charge in [-0.1, -0.05) is 26.0 Å². The van der Waals surface area contributed by atoms with Gasteiger partial charge in [0.05, 0.1) is 0 Å². The monoisotopic (exact) mass is 163 g/mol. The average molecular weight is 163 g/mol. The molecule has 0 fully saturated rings. The van der Waals surface area contributed by atoms with Crippen molar-refractivity contribution < 1.29 is 0 Å². The summed E-state index contributed by atoms with van der Waals surface area (Å²) in [5.74, 6) is 0. The van der Waals surface area contributed by atoms with Crippen molar-refractivity contribution in [2.45, 2.75) is 19.3 Å². The third-order valence-electron chi connectivity index (χ3n) is 2.04. The van der Waals surface area contributed by atoms with Crippen molar-refractivity contribution >= 4 is 0 Å². The SMILES string of the molecule is C=CC(C)(C)c1ccc(=O)[nH]c1. The van der Waals surface area contributed by atoms with Gasteiger partial charge in [0.1, 0.15) is 0 Å². The van der Waals surface area contributed by atoms with E-state index in [9.17, 15) is 4.79 Å². The first-order valence-corrected chi connectivity index (χ1v) is 3.89. The van der Waals surface area contributed by atoms with Gasteiger partial charge in [0, 0.05) is 17.7 Å². The fourth-order valence-electron chi connectivity index (χ4n) is 0.929. The van der Waals surface area contributed by atoms with Crippen molar-refractivity contribution in [3.63, 3.8) is 0 Å². The summed E-state index contributed by atoms with van der Waals surface area (Å²) in [4.78, 5) is 13.4. The molecule has 0 saturated carbocycles. The van der Waals surface area contributed by atoms with Crippen LogP contribution >= 0.6 is 0 Å². The minimum absolute atomic E-state index is 0.0707. The van der Waals surface area contributed by atoms with Gasteiger partial charge in [-0.25, -0.2) is 0 Å². The fourth-order valence-corrected chi connectivity index (χ4v) is 0.929. The zero-order chi connectivity index (χ0) is 9.19. The smallest absolute Gasteiger partial charge is 0.247 e. The number of hydrogen-bond donors (Lipinski definition) is 1. The molecule has 0 amide bonds. The van der Waals surface area contributed by atoms with Gasteiger partial charge in [-0.15, -0.1) is 6.58 Å². The Kier molecular flexibility index (Phi) is 2.18. The van der Waals surface area contributed by atoms with Crippen LogP contribution in [0.5, 0.6) is 0 Å². The summed E-state index contributed by atoms with van der Waals surface area (Å²) in [7, 11) is 0. The average Bonchev–Trinajstić information content (AvgIpc) is 2.05. The molecule has 0 aliphatic carbocycles. The maximum absolute atomic E-state index is 10.8. The first-order valence-electron chi connectivity index (χ1n) is 3.89. The molecule has 0 atom stereocenters. The molecule has 0 bridgehead atoms. The Hall–Kier alpha value is -1.31. The number of H-pyrrole nitrogens is 1. The molecule has 2 nitrogen and oxygen atoms in total. The van der Waals surface area contributed by atoms with Crippen LogP contribution < -0.4 is 5.56 Å². The Bertz CT molecular complexity index is 315. The standard InChI is InChI=1S/C10H13NO/c1-4-10(2,3)8-5-6-9(12)11-7-8/h4-7H,1H2,2-3H3,(H,11,12). The molecule has 64 valence electrons. The van der Waals surface area contributed by atoms with E-state index in [1.54, 1.807) is 6.20 Å². The molecular formula is C10H13NO. The Balaban J connectivity index is 3.12. The lowest BCUT2D eigenvalue weighted by Crippen LogP contribution is -2.15. The zero-order valence-corrected chi connectivity index (χ0v) is 7.42. The first-order chi connectivity index (χ1) is 5.56. The van der Waals surface area contributed by atoms with E-state index in [-0.39, 0.29) is 11.0 Å². The highest BCUT2D eigenvalue weighted by molar-refractivity contribution is 5.24.